The quantitative estimate of drug-likeness (QED) is 0.303. The van der Waals surface area contributed by atoms with Gasteiger partial charge >= 0.3 is 0 Å². The molecule has 0 unspecified atom stereocenters. The number of nitrogens with one attached hydrogen (secondary N) is 2. The Kier molecular flexibility index (Phi) is 7.80. The van der Waals surface area contributed by atoms with Gasteiger partial charge in [0, 0.05) is 59.5 Å². The lowest BCUT2D eigenvalue weighted by Gasteiger charge is -2.31. The van der Waals surface area contributed by atoms with Crippen LogP contribution in [0.25, 0.3) is 0 Å². The van der Waals surface area contributed by atoms with Crippen molar-refractivity contribution in [3.63, 3.8) is 0 Å². The highest BCUT2D eigenvalue weighted by molar-refractivity contribution is 7.91. The van der Waals surface area contributed by atoms with Crippen LogP contribution >= 0.6 is 11.3 Å². The van der Waals surface area contributed by atoms with Crippen LogP contribution in [0.4, 0.5) is 17.1 Å². The molecule has 3 aromatic rings. The Balaban J connectivity index is 1.32. The summed E-state index contributed by atoms with van der Waals surface area (Å²) in [6.45, 7) is 0.675. The van der Waals surface area contributed by atoms with Crippen molar-refractivity contribution in [3.05, 3.63) is 91.3 Å². The second-order valence-corrected chi connectivity index (χ2v) is 11.7. The van der Waals surface area contributed by atoms with Crippen LogP contribution in [0.1, 0.15) is 28.1 Å². The number of hydrogen-bond acceptors (Lipinski definition) is 9. The number of nitro groups is 2. The van der Waals surface area contributed by atoms with Crippen molar-refractivity contribution in [2.75, 3.05) is 18.4 Å². The van der Waals surface area contributed by atoms with Crippen LogP contribution in [0.3, 0.4) is 0 Å². The number of piperidine rings is 1. The van der Waals surface area contributed by atoms with Crippen molar-refractivity contribution in [1.82, 2.24) is 9.62 Å². The molecule has 1 aromatic heterocycles. The highest BCUT2D eigenvalue weighted by Crippen LogP contribution is 2.28. The molecule has 0 saturated carbocycles. The van der Waals surface area contributed by atoms with Crippen LogP contribution in [0, 0.1) is 20.2 Å². The number of rotatable bonds is 9. The summed E-state index contributed by atoms with van der Waals surface area (Å²) < 4.78 is 27.8. The molecule has 2 heterocycles. The van der Waals surface area contributed by atoms with Crippen LogP contribution in [-0.4, -0.2) is 47.6 Å². The summed E-state index contributed by atoms with van der Waals surface area (Å²) in [5, 5.41) is 27.8. The molecular weight excluding hydrogens is 522 g/mol. The van der Waals surface area contributed by atoms with E-state index in [2.05, 4.69) is 10.6 Å². The van der Waals surface area contributed by atoms with E-state index in [-0.39, 0.29) is 33.7 Å². The molecule has 1 amide bonds. The summed E-state index contributed by atoms with van der Waals surface area (Å²) in [5.41, 5.74) is 0.548. The first-order chi connectivity index (χ1) is 17.6. The molecule has 1 aliphatic rings. The van der Waals surface area contributed by atoms with Crippen molar-refractivity contribution in [2.24, 2.45) is 0 Å². The van der Waals surface area contributed by atoms with E-state index >= 15 is 0 Å². The van der Waals surface area contributed by atoms with E-state index in [1.807, 2.05) is 0 Å². The van der Waals surface area contributed by atoms with Gasteiger partial charge in [-0.05, 0) is 37.1 Å². The molecule has 0 atom stereocenters. The molecule has 1 fully saturated rings. The third kappa shape index (κ3) is 6.28. The fraction of sp³-hybridized carbons (Fsp3) is 0.261. The van der Waals surface area contributed by atoms with E-state index < -0.39 is 25.8 Å². The molecule has 194 valence electrons. The third-order valence-corrected chi connectivity index (χ3v) is 9.31. The normalized spacial score (nSPS) is 14.7. The van der Waals surface area contributed by atoms with Crippen LogP contribution < -0.4 is 10.6 Å². The molecule has 4 rings (SSSR count). The van der Waals surface area contributed by atoms with Gasteiger partial charge in [0.05, 0.1) is 16.4 Å². The van der Waals surface area contributed by atoms with Gasteiger partial charge in [-0.2, -0.15) is 4.31 Å². The Hall–Kier alpha value is -3.88. The molecule has 0 spiro atoms. The van der Waals surface area contributed by atoms with Crippen LogP contribution in [0.5, 0.6) is 0 Å². The second-order valence-electron chi connectivity index (χ2n) is 8.34. The molecule has 0 bridgehead atoms. The average Bonchev–Trinajstić information content (AvgIpc) is 3.38. The van der Waals surface area contributed by atoms with Crippen molar-refractivity contribution in [1.29, 1.82) is 0 Å². The monoisotopic (exact) mass is 545 g/mol. The zero-order valence-electron chi connectivity index (χ0n) is 19.4. The van der Waals surface area contributed by atoms with Gasteiger partial charge in [0.15, 0.2) is 0 Å². The first-order valence-electron chi connectivity index (χ1n) is 11.3. The maximum absolute atomic E-state index is 13.1. The molecule has 1 saturated heterocycles. The molecule has 1 aliphatic heterocycles. The van der Waals surface area contributed by atoms with Crippen LogP contribution in [0.2, 0.25) is 0 Å². The lowest BCUT2D eigenvalue weighted by molar-refractivity contribution is -0.385. The first-order valence-corrected chi connectivity index (χ1v) is 13.5. The minimum absolute atomic E-state index is 0.0141. The van der Waals surface area contributed by atoms with E-state index in [0.717, 1.165) is 11.3 Å². The Bertz CT molecular complexity index is 1430. The minimum Gasteiger partial charge on any atom is -0.382 e. The van der Waals surface area contributed by atoms with Gasteiger partial charge in [0.25, 0.3) is 27.3 Å². The molecule has 12 nitrogen and oxygen atoms in total. The number of nitro benzene ring substituents is 2. The maximum atomic E-state index is 13.1. The van der Waals surface area contributed by atoms with E-state index in [0.29, 0.717) is 36.5 Å². The topological polar surface area (TPSA) is 165 Å². The zero-order valence-corrected chi connectivity index (χ0v) is 21.0. The van der Waals surface area contributed by atoms with Crippen molar-refractivity contribution in [3.8, 4) is 0 Å². The zero-order chi connectivity index (χ0) is 26.6. The van der Waals surface area contributed by atoms with Gasteiger partial charge in [0.2, 0.25) is 0 Å². The number of nitrogens with zero attached hydrogens (tertiary/aromatic N) is 3. The minimum atomic E-state index is -3.71. The third-order valence-electron chi connectivity index (χ3n) is 5.86. The number of hydrogen-bond donors (Lipinski definition) is 2. The summed E-state index contributed by atoms with van der Waals surface area (Å²) in [6, 6.07) is 14.7. The lowest BCUT2D eigenvalue weighted by atomic mass is 10.1. The number of amides is 1. The fourth-order valence-corrected chi connectivity index (χ4v) is 6.85. The first kappa shape index (κ1) is 26.2. The van der Waals surface area contributed by atoms with Crippen molar-refractivity contribution in [2.45, 2.75) is 29.6 Å². The highest BCUT2D eigenvalue weighted by Gasteiger charge is 2.30. The summed E-state index contributed by atoms with van der Waals surface area (Å²) >= 11 is 1.05. The standard InChI is InChI=1S/C23H23N5O7S2/c29-23(16-3-1-5-19(13-16)27(30)31)24-15-21-7-8-22(36-21)37(34,35)26-11-9-17(10-12-26)25-18-4-2-6-20(14-18)28(32)33/h1-8,13-14,17,25H,9-12,15H2,(H,24,29). The van der Waals surface area contributed by atoms with Gasteiger partial charge in [-0.1, -0.05) is 12.1 Å². The lowest BCUT2D eigenvalue weighted by Crippen LogP contribution is -2.42. The van der Waals surface area contributed by atoms with Crippen LogP contribution in [0.15, 0.2) is 64.9 Å². The Labute approximate surface area is 216 Å². The van der Waals surface area contributed by atoms with E-state index in [9.17, 15) is 33.4 Å². The number of thiophene rings is 1. The van der Waals surface area contributed by atoms with E-state index in [1.165, 1.54) is 46.8 Å². The second kappa shape index (κ2) is 11.0. The van der Waals surface area contributed by atoms with E-state index in [4.69, 9.17) is 0 Å². The maximum Gasteiger partial charge on any atom is 0.271 e. The Morgan fingerprint density at radius 2 is 1.62 bits per heavy atom. The number of benzene rings is 2. The van der Waals surface area contributed by atoms with Gasteiger partial charge in [-0.3, -0.25) is 25.0 Å². The van der Waals surface area contributed by atoms with Crippen molar-refractivity contribution < 1.29 is 23.1 Å². The number of anilines is 1. The molecule has 14 heteroatoms. The number of carbonyl (C=O) groups is 1. The molecule has 0 aliphatic carbocycles. The number of sulfonamides is 1. The van der Waals surface area contributed by atoms with Gasteiger partial charge < -0.3 is 10.6 Å². The molecule has 2 aromatic carbocycles. The largest absolute Gasteiger partial charge is 0.382 e. The molecule has 0 radical (unpaired) electrons. The van der Waals surface area contributed by atoms with Gasteiger partial charge in [0.1, 0.15) is 4.21 Å². The Morgan fingerprint density at radius 3 is 2.30 bits per heavy atom. The fourth-order valence-electron chi connectivity index (χ4n) is 3.93. The van der Waals surface area contributed by atoms with Gasteiger partial charge in [-0.25, -0.2) is 8.42 Å². The summed E-state index contributed by atoms with van der Waals surface area (Å²) in [5.74, 6) is -0.500. The Morgan fingerprint density at radius 1 is 0.973 bits per heavy atom. The summed E-state index contributed by atoms with van der Waals surface area (Å²) in [7, 11) is -3.71. The molecule has 37 heavy (non-hydrogen) atoms. The van der Waals surface area contributed by atoms with E-state index in [1.54, 1.807) is 18.2 Å². The highest BCUT2D eigenvalue weighted by atomic mass is 32.2. The molecular formula is C23H23N5O7S2. The van der Waals surface area contributed by atoms with Crippen molar-refractivity contribution >= 4 is 44.3 Å². The summed E-state index contributed by atoms with van der Waals surface area (Å²) in [4.78, 5) is 33.8. The SMILES string of the molecule is O=C(NCc1ccc(S(=O)(=O)N2CCC(Nc3cccc([N+](=O)[O-])c3)CC2)s1)c1cccc([N+](=O)[O-])c1. The molecule has 2 N–H and O–H groups in total. The van der Waals surface area contributed by atoms with Gasteiger partial charge in [-0.15, -0.1) is 11.3 Å². The number of carbonyl (C=O) groups excluding carboxylic acids is 1. The predicted molar refractivity (Wildman–Crippen MR) is 137 cm³/mol. The summed E-state index contributed by atoms with van der Waals surface area (Å²) in [6.07, 6.45) is 1.08. The predicted octanol–water partition coefficient (Wildman–Crippen LogP) is 3.76. The average molecular weight is 546 g/mol. The van der Waals surface area contributed by atoms with Crippen LogP contribution in [-0.2, 0) is 16.6 Å². The smallest absolute Gasteiger partial charge is 0.271 e. The number of non-ortho nitro benzene ring substituents is 2.